The lowest BCUT2D eigenvalue weighted by atomic mass is 10.1. The normalized spacial score (nSPS) is 9.20. The first-order valence-corrected chi connectivity index (χ1v) is 4.37. The number of benzene rings is 1. The molecule has 0 spiro atoms. The van der Waals surface area contributed by atoms with Crippen LogP contribution in [0.15, 0.2) is 23.3 Å². The van der Waals surface area contributed by atoms with Crippen molar-refractivity contribution < 1.29 is 9.53 Å². The van der Waals surface area contributed by atoms with Crippen molar-refractivity contribution in [3.05, 3.63) is 39.8 Å². The molecular formula is C10H11N3O2. The summed E-state index contributed by atoms with van der Waals surface area (Å²) >= 11 is 0. The number of hydrogen-bond acceptors (Lipinski definition) is 3. The van der Waals surface area contributed by atoms with Gasteiger partial charge in [0.05, 0.1) is 13.7 Å². The molecule has 0 heterocycles. The van der Waals surface area contributed by atoms with Crippen LogP contribution in [0.5, 0.6) is 5.75 Å². The van der Waals surface area contributed by atoms with Gasteiger partial charge < -0.3 is 4.74 Å². The lowest BCUT2D eigenvalue weighted by molar-refractivity contribution is 0.100. The lowest BCUT2D eigenvalue weighted by Gasteiger charge is -2.05. The van der Waals surface area contributed by atoms with E-state index in [2.05, 4.69) is 10.0 Å². The molecule has 0 aliphatic carbocycles. The minimum absolute atomic E-state index is 0.151. The van der Waals surface area contributed by atoms with Crippen molar-refractivity contribution in [3.8, 4) is 5.75 Å². The third-order valence-corrected chi connectivity index (χ3v) is 1.99. The van der Waals surface area contributed by atoms with Crippen LogP contribution in [0, 0.1) is 6.92 Å². The lowest BCUT2D eigenvalue weighted by Crippen LogP contribution is -2.03. The second-order valence-corrected chi connectivity index (χ2v) is 3.00. The van der Waals surface area contributed by atoms with Gasteiger partial charge in [0.15, 0.2) is 5.78 Å². The first-order chi connectivity index (χ1) is 7.19. The molecule has 1 rings (SSSR count). The Labute approximate surface area is 87.3 Å². The highest BCUT2D eigenvalue weighted by molar-refractivity contribution is 5.98. The summed E-state index contributed by atoms with van der Waals surface area (Å²) in [6, 6.07) is 5.09. The Morgan fingerprint density at radius 1 is 1.60 bits per heavy atom. The average molecular weight is 205 g/mol. The molecule has 78 valence electrons. The van der Waals surface area contributed by atoms with Gasteiger partial charge >= 0.3 is 0 Å². The molecule has 0 amide bonds. The molecule has 0 bridgehead atoms. The van der Waals surface area contributed by atoms with Gasteiger partial charge in [-0.3, -0.25) is 4.79 Å². The zero-order valence-corrected chi connectivity index (χ0v) is 8.60. The van der Waals surface area contributed by atoms with Crippen molar-refractivity contribution in [1.29, 1.82) is 0 Å². The number of azide groups is 1. The molecule has 5 heteroatoms. The number of aryl methyl sites for hydroxylation is 1. The van der Waals surface area contributed by atoms with Crippen molar-refractivity contribution >= 4 is 5.78 Å². The number of ether oxygens (including phenoxy) is 1. The molecule has 1 aromatic rings. The Kier molecular flexibility index (Phi) is 3.71. The third kappa shape index (κ3) is 2.72. The van der Waals surface area contributed by atoms with Gasteiger partial charge in [-0.05, 0) is 36.2 Å². The number of rotatable bonds is 4. The molecule has 0 radical (unpaired) electrons. The van der Waals surface area contributed by atoms with Gasteiger partial charge in [0.2, 0.25) is 0 Å². The van der Waals surface area contributed by atoms with E-state index in [9.17, 15) is 4.79 Å². The second-order valence-electron chi connectivity index (χ2n) is 3.00. The Balaban J connectivity index is 2.91. The average Bonchev–Trinajstić information content (AvgIpc) is 2.25. The zero-order chi connectivity index (χ0) is 11.3. The summed E-state index contributed by atoms with van der Waals surface area (Å²) < 4.78 is 5.07. The molecule has 0 N–H and O–H groups in total. The quantitative estimate of drug-likeness (QED) is 0.327. The Morgan fingerprint density at radius 2 is 2.33 bits per heavy atom. The van der Waals surface area contributed by atoms with E-state index >= 15 is 0 Å². The molecule has 0 unspecified atom stereocenters. The van der Waals surface area contributed by atoms with E-state index < -0.39 is 0 Å². The number of Topliss-reactive ketones (excluding diaryl/α,β-unsaturated/α-hetero) is 1. The van der Waals surface area contributed by atoms with Gasteiger partial charge in [0, 0.05) is 10.5 Å². The molecule has 0 saturated carbocycles. The highest BCUT2D eigenvalue weighted by Crippen LogP contribution is 2.18. The number of carbonyl (C=O) groups is 1. The van der Waals surface area contributed by atoms with Crippen LogP contribution in [0.25, 0.3) is 10.4 Å². The largest absolute Gasteiger partial charge is 0.496 e. The number of nitrogens with zero attached hydrogens (tertiary/aromatic N) is 3. The maximum absolute atomic E-state index is 11.4. The van der Waals surface area contributed by atoms with Gasteiger partial charge in [0.1, 0.15) is 5.75 Å². The third-order valence-electron chi connectivity index (χ3n) is 1.99. The van der Waals surface area contributed by atoms with Crippen molar-refractivity contribution in [1.82, 2.24) is 0 Å². The first kappa shape index (κ1) is 11.1. The molecule has 0 saturated heterocycles. The monoisotopic (exact) mass is 205 g/mol. The minimum Gasteiger partial charge on any atom is -0.496 e. The Hall–Kier alpha value is -2.00. The van der Waals surface area contributed by atoms with Gasteiger partial charge in [-0.25, -0.2) is 0 Å². The highest BCUT2D eigenvalue weighted by Gasteiger charge is 2.06. The number of methoxy groups -OCH3 is 1. The van der Waals surface area contributed by atoms with Crippen molar-refractivity contribution in [2.45, 2.75) is 6.92 Å². The standard InChI is InChI=1S/C10H11N3O2/c1-7-5-8(3-4-10(7)15-2)9(14)6-12-13-11/h3-5H,6H2,1-2H3. The maximum atomic E-state index is 11.4. The summed E-state index contributed by atoms with van der Waals surface area (Å²) in [7, 11) is 1.57. The Morgan fingerprint density at radius 3 is 2.87 bits per heavy atom. The first-order valence-electron chi connectivity index (χ1n) is 4.37. The van der Waals surface area contributed by atoms with Crippen LogP contribution in [0.3, 0.4) is 0 Å². The van der Waals surface area contributed by atoms with Crippen LogP contribution in [0.2, 0.25) is 0 Å². The number of ketones is 1. The predicted octanol–water partition coefficient (Wildman–Crippen LogP) is 2.50. The van der Waals surface area contributed by atoms with Gasteiger partial charge in [-0.2, -0.15) is 0 Å². The van der Waals surface area contributed by atoms with E-state index in [4.69, 9.17) is 10.3 Å². The van der Waals surface area contributed by atoms with E-state index in [1.807, 2.05) is 6.92 Å². The van der Waals surface area contributed by atoms with Crippen LogP contribution >= 0.6 is 0 Å². The molecule has 0 fully saturated rings. The van der Waals surface area contributed by atoms with Gasteiger partial charge in [0.25, 0.3) is 0 Å². The van der Waals surface area contributed by atoms with Gasteiger partial charge in [-0.15, -0.1) is 0 Å². The SMILES string of the molecule is COc1ccc(C(=O)CN=[N+]=[N-])cc1C. The zero-order valence-electron chi connectivity index (χ0n) is 8.60. The van der Waals surface area contributed by atoms with Crippen LogP contribution in [0.1, 0.15) is 15.9 Å². The fourth-order valence-corrected chi connectivity index (χ4v) is 1.24. The number of carbonyl (C=O) groups excluding carboxylic acids is 1. The molecule has 15 heavy (non-hydrogen) atoms. The summed E-state index contributed by atoms with van der Waals surface area (Å²) in [6.45, 7) is 1.70. The molecule has 5 nitrogen and oxygen atoms in total. The molecular weight excluding hydrogens is 194 g/mol. The van der Waals surface area contributed by atoms with E-state index in [0.717, 1.165) is 11.3 Å². The summed E-state index contributed by atoms with van der Waals surface area (Å²) in [4.78, 5) is 14.0. The van der Waals surface area contributed by atoms with E-state index in [-0.39, 0.29) is 12.3 Å². The molecule has 1 aromatic carbocycles. The van der Waals surface area contributed by atoms with Crippen molar-refractivity contribution in [2.75, 3.05) is 13.7 Å². The minimum atomic E-state index is -0.196. The molecule has 0 atom stereocenters. The van der Waals surface area contributed by atoms with Crippen LogP contribution in [0.4, 0.5) is 0 Å². The van der Waals surface area contributed by atoms with Gasteiger partial charge in [-0.1, -0.05) is 5.11 Å². The summed E-state index contributed by atoms with van der Waals surface area (Å²) in [5.74, 6) is 0.536. The summed E-state index contributed by atoms with van der Waals surface area (Å²) in [5, 5.41) is 3.22. The fourth-order valence-electron chi connectivity index (χ4n) is 1.24. The number of hydrogen-bond donors (Lipinski definition) is 0. The van der Waals surface area contributed by atoms with Crippen LogP contribution in [-0.2, 0) is 0 Å². The molecule has 0 aliphatic heterocycles. The van der Waals surface area contributed by atoms with Crippen LogP contribution < -0.4 is 4.74 Å². The van der Waals surface area contributed by atoms with E-state index in [1.165, 1.54) is 0 Å². The second kappa shape index (κ2) is 5.02. The van der Waals surface area contributed by atoms with E-state index in [1.54, 1.807) is 25.3 Å². The molecule has 0 aromatic heterocycles. The van der Waals surface area contributed by atoms with E-state index in [0.29, 0.717) is 5.56 Å². The topological polar surface area (TPSA) is 75.1 Å². The fraction of sp³-hybridized carbons (Fsp3) is 0.300. The maximum Gasteiger partial charge on any atom is 0.168 e. The smallest absolute Gasteiger partial charge is 0.168 e. The summed E-state index contributed by atoms with van der Waals surface area (Å²) in [5.41, 5.74) is 9.49. The Bertz CT molecular complexity index is 423. The van der Waals surface area contributed by atoms with Crippen molar-refractivity contribution in [2.24, 2.45) is 5.11 Å². The predicted molar refractivity (Wildman–Crippen MR) is 56.1 cm³/mol. The van der Waals surface area contributed by atoms with Crippen LogP contribution in [-0.4, -0.2) is 19.4 Å². The highest BCUT2D eigenvalue weighted by atomic mass is 16.5. The van der Waals surface area contributed by atoms with Crippen molar-refractivity contribution in [3.63, 3.8) is 0 Å². The molecule has 0 aliphatic rings. The summed E-state index contributed by atoms with van der Waals surface area (Å²) in [6.07, 6.45) is 0.